The van der Waals surface area contributed by atoms with Gasteiger partial charge in [-0.25, -0.2) is 0 Å². The number of hydrogen-bond acceptors (Lipinski definition) is 5. The molecule has 3 rings (SSSR count). The maximum atomic E-state index is 12.7. The molecule has 0 aromatic heterocycles. The molecule has 0 saturated heterocycles. The van der Waals surface area contributed by atoms with Crippen LogP contribution in [0.2, 0.25) is 0 Å². The van der Waals surface area contributed by atoms with Gasteiger partial charge in [-0.15, -0.1) is 0 Å². The summed E-state index contributed by atoms with van der Waals surface area (Å²) in [6.07, 6.45) is -1.02. The predicted molar refractivity (Wildman–Crippen MR) is 97.3 cm³/mol. The number of benzene rings is 2. The molecule has 26 heavy (non-hydrogen) atoms. The highest BCUT2D eigenvalue weighted by atomic mass is 16.5. The van der Waals surface area contributed by atoms with Gasteiger partial charge >= 0.3 is 5.97 Å². The number of aliphatic hydroxyl groups excluding tert-OH is 1. The predicted octanol–water partition coefficient (Wildman–Crippen LogP) is 3.33. The third-order valence-corrected chi connectivity index (χ3v) is 5.53. The van der Waals surface area contributed by atoms with E-state index in [-0.39, 0.29) is 11.8 Å². The van der Waals surface area contributed by atoms with Gasteiger partial charge in [0.2, 0.25) is 0 Å². The fraction of sp³-hybridized carbons (Fsp3) is 0.381. The van der Waals surface area contributed by atoms with Gasteiger partial charge in [0.25, 0.3) is 0 Å². The van der Waals surface area contributed by atoms with Gasteiger partial charge in [0, 0.05) is 5.92 Å². The minimum Gasteiger partial charge on any atom is -0.493 e. The maximum Gasteiger partial charge on any atom is 0.315 e. The summed E-state index contributed by atoms with van der Waals surface area (Å²) in [7, 11) is 4.45. The summed E-state index contributed by atoms with van der Waals surface area (Å²) in [6, 6.07) is 15.0. The molecule has 1 saturated carbocycles. The van der Waals surface area contributed by atoms with Gasteiger partial charge in [-0.2, -0.15) is 0 Å². The van der Waals surface area contributed by atoms with Crippen molar-refractivity contribution in [3.8, 4) is 11.5 Å². The van der Waals surface area contributed by atoms with Crippen LogP contribution in [0.15, 0.2) is 48.5 Å². The van der Waals surface area contributed by atoms with Crippen LogP contribution in [-0.2, 0) is 9.53 Å². The molecule has 2 aromatic rings. The van der Waals surface area contributed by atoms with E-state index in [4.69, 9.17) is 14.2 Å². The van der Waals surface area contributed by atoms with E-state index in [1.165, 1.54) is 14.2 Å². The Morgan fingerprint density at radius 1 is 1.04 bits per heavy atom. The Balaban J connectivity index is 2.03. The molecule has 5 nitrogen and oxygen atoms in total. The third-order valence-electron chi connectivity index (χ3n) is 5.53. The minimum absolute atomic E-state index is 0.0551. The van der Waals surface area contributed by atoms with Crippen LogP contribution in [-0.4, -0.2) is 32.4 Å². The summed E-state index contributed by atoms with van der Waals surface area (Å²) < 4.78 is 15.7. The van der Waals surface area contributed by atoms with Gasteiger partial charge in [0.15, 0.2) is 11.5 Å². The molecule has 0 aliphatic heterocycles. The first-order valence-corrected chi connectivity index (χ1v) is 8.55. The zero-order valence-corrected chi connectivity index (χ0v) is 15.4. The summed E-state index contributed by atoms with van der Waals surface area (Å²) in [5.41, 5.74) is 0.596. The van der Waals surface area contributed by atoms with Crippen molar-refractivity contribution in [1.82, 2.24) is 0 Å². The van der Waals surface area contributed by atoms with Gasteiger partial charge in [0.1, 0.15) is 5.41 Å². The van der Waals surface area contributed by atoms with Crippen molar-refractivity contribution in [3.05, 3.63) is 59.7 Å². The quantitative estimate of drug-likeness (QED) is 0.804. The monoisotopic (exact) mass is 356 g/mol. The first kappa shape index (κ1) is 18.3. The van der Waals surface area contributed by atoms with Gasteiger partial charge in [-0.05, 0) is 29.2 Å². The smallest absolute Gasteiger partial charge is 0.315 e. The van der Waals surface area contributed by atoms with E-state index in [2.05, 4.69) is 0 Å². The second-order valence-electron chi connectivity index (χ2n) is 6.62. The van der Waals surface area contributed by atoms with Gasteiger partial charge in [-0.3, -0.25) is 4.79 Å². The molecular weight excluding hydrogens is 332 g/mol. The molecular formula is C21H24O5. The Kier molecular flexibility index (Phi) is 4.92. The van der Waals surface area contributed by atoms with Crippen molar-refractivity contribution >= 4 is 5.97 Å². The molecule has 1 unspecified atom stereocenters. The van der Waals surface area contributed by atoms with E-state index < -0.39 is 17.5 Å². The number of rotatable bonds is 6. The van der Waals surface area contributed by atoms with Gasteiger partial charge < -0.3 is 19.3 Å². The van der Waals surface area contributed by atoms with Crippen molar-refractivity contribution in [2.24, 2.45) is 11.3 Å². The van der Waals surface area contributed by atoms with Gasteiger partial charge in [-0.1, -0.05) is 43.3 Å². The highest BCUT2D eigenvalue weighted by molar-refractivity contribution is 5.84. The Morgan fingerprint density at radius 3 is 2.27 bits per heavy atom. The molecule has 138 valence electrons. The fourth-order valence-corrected chi connectivity index (χ4v) is 4.13. The summed E-state index contributed by atoms with van der Waals surface area (Å²) in [5, 5.41) is 11.2. The van der Waals surface area contributed by atoms with Crippen molar-refractivity contribution in [3.63, 3.8) is 0 Å². The SMILES string of the molecule is COC(=O)[C@@]1(C(O)c2ccc(OC)c(OC)c2)[C@H](C)[C@@H]1c1ccccc1. The van der Waals surface area contributed by atoms with E-state index >= 15 is 0 Å². The van der Waals surface area contributed by atoms with Crippen molar-refractivity contribution in [1.29, 1.82) is 0 Å². The van der Waals surface area contributed by atoms with E-state index in [1.807, 2.05) is 37.3 Å². The molecule has 0 radical (unpaired) electrons. The van der Waals surface area contributed by atoms with Crippen molar-refractivity contribution < 1.29 is 24.1 Å². The lowest BCUT2D eigenvalue weighted by Gasteiger charge is -2.23. The van der Waals surface area contributed by atoms with E-state index in [0.717, 1.165) is 5.56 Å². The van der Waals surface area contributed by atoms with E-state index in [1.54, 1.807) is 25.3 Å². The van der Waals surface area contributed by atoms with Crippen LogP contribution in [0, 0.1) is 11.3 Å². The number of aliphatic hydroxyl groups is 1. The van der Waals surface area contributed by atoms with Crippen molar-refractivity contribution in [2.45, 2.75) is 18.9 Å². The van der Waals surface area contributed by atoms with Crippen LogP contribution in [0.4, 0.5) is 0 Å². The summed E-state index contributed by atoms with van der Waals surface area (Å²) in [5.74, 6) is 0.508. The maximum absolute atomic E-state index is 12.7. The highest BCUT2D eigenvalue weighted by Crippen LogP contribution is 2.70. The number of esters is 1. The Morgan fingerprint density at radius 2 is 1.69 bits per heavy atom. The molecule has 1 fully saturated rings. The first-order chi connectivity index (χ1) is 12.5. The van der Waals surface area contributed by atoms with E-state index in [9.17, 15) is 9.90 Å². The second kappa shape index (κ2) is 7.00. The lowest BCUT2D eigenvalue weighted by Crippen LogP contribution is -2.28. The zero-order chi connectivity index (χ0) is 18.9. The van der Waals surface area contributed by atoms with Crippen LogP contribution in [0.5, 0.6) is 11.5 Å². The minimum atomic E-state index is -1.02. The molecule has 1 aliphatic carbocycles. The first-order valence-electron chi connectivity index (χ1n) is 8.55. The summed E-state index contributed by atoms with van der Waals surface area (Å²) in [4.78, 5) is 12.7. The zero-order valence-electron chi connectivity index (χ0n) is 15.4. The third kappa shape index (κ3) is 2.63. The molecule has 0 bridgehead atoms. The Labute approximate surface area is 153 Å². The molecule has 4 atom stereocenters. The largest absolute Gasteiger partial charge is 0.493 e. The van der Waals surface area contributed by atoms with Crippen LogP contribution in [0.25, 0.3) is 0 Å². The normalized spacial score (nSPS) is 25.3. The molecule has 0 spiro atoms. The number of carbonyl (C=O) groups excluding carboxylic acids is 1. The van der Waals surface area contributed by atoms with Crippen LogP contribution in [0.3, 0.4) is 0 Å². The van der Waals surface area contributed by atoms with Crippen LogP contribution < -0.4 is 9.47 Å². The summed E-state index contributed by atoms with van der Waals surface area (Å²) >= 11 is 0. The average Bonchev–Trinajstić information content (AvgIpc) is 3.32. The number of carbonyl (C=O) groups is 1. The molecule has 0 amide bonds. The molecule has 1 N–H and O–H groups in total. The topological polar surface area (TPSA) is 65.0 Å². The molecule has 2 aromatic carbocycles. The molecule has 1 aliphatic rings. The summed E-state index contributed by atoms with van der Waals surface area (Å²) in [6.45, 7) is 1.97. The fourth-order valence-electron chi connectivity index (χ4n) is 4.13. The standard InChI is InChI=1S/C21H24O5/c1-13-18(14-8-6-5-7-9-14)21(13,20(23)26-4)19(22)15-10-11-16(24-2)17(12-15)25-3/h5-13,18-19,22H,1-4H3/t13-,18-,19?,21+/m1/s1. The average molecular weight is 356 g/mol. The Bertz CT molecular complexity index is 788. The lowest BCUT2D eigenvalue weighted by molar-refractivity contribution is -0.153. The Hall–Kier alpha value is -2.53. The van der Waals surface area contributed by atoms with Crippen LogP contribution in [0.1, 0.15) is 30.1 Å². The molecule has 0 heterocycles. The highest BCUT2D eigenvalue weighted by Gasteiger charge is 2.72. The van der Waals surface area contributed by atoms with E-state index in [0.29, 0.717) is 17.1 Å². The van der Waals surface area contributed by atoms with Crippen molar-refractivity contribution in [2.75, 3.05) is 21.3 Å². The number of hydrogen-bond donors (Lipinski definition) is 1. The van der Waals surface area contributed by atoms with Crippen LogP contribution >= 0.6 is 0 Å². The number of ether oxygens (including phenoxy) is 3. The van der Waals surface area contributed by atoms with Gasteiger partial charge in [0.05, 0.1) is 27.4 Å². The number of methoxy groups -OCH3 is 3. The molecule has 5 heteroatoms. The lowest BCUT2D eigenvalue weighted by atomic mass is 9.87. The second-order valence-corrected chi connectivity index (χ2v) is 6.62.